The summed E-state index contributed by atoms with van der Waals surface area (Å²) in [5, 5.41) is 0. The molecule has 2 saturated carbocycles. The lowest BCUT2D eigenvalue weighted by Gasteiger charge is -2.41. The fraction of sp³-hybridized carbons (Fsp3) is 0.611. The highest BCUT2D eigenvalue weighted by Crippen LogP contribution is 2.58. The summed E-state index contributed by atoms with van der Waals surface area (Å²) in [4.78, 5) is 4.89. The molecule has 0 N–H and O–H groups in total. The molecule has 4 heterocycles. The summed E-state index contributed by atoms with van der Waals surface area (Å²) in [5.74, 6) is 1.61. The monoisotopic (exact) mass is 376 g/mol. The standard InChI is InChI=1S/C18H21BrN2O2/c1-11(12-3-4-12)23-14-5-16-20-15(7-21(16)6-13(14)19)18-8-17(2,9-18)22-10-18/h5-7,11-12H,3-4,8-10H2,1-2H3. The molecule has 4 fully saturated rings. The summed E-state index contributed by atoms with van der Waals surface area (Å²) in [6.07, 6.45) is 9.25. The van der Waals surface area contributed by atoms with Crippen LogP contribution in [0.4, 0.5) is 0 Å². The van der Waals surface area contributed by atoms with Crippen LogP contribution in [0.3, 0.4) is 0 Å². The summed E-state index contributed by atoms with van der Waals surface area (Å²) >= 11 is 3.64. The van der Waals surface area contributed by atoms with Gasteiger partial charge >= 0.3 is 0 Å². The van der Waals surface area contributed by atoms with Crippen LogP contribution in [0.5, 0.6) is 5.75 Å². The summed E-state index contributed by atoms with van der Waals surface area (Å²) < 4.78 is 15.1. The SMILES string of the molecule is CC(Oc1cc2nc(C34COC(C)(C3)C4)cn2cc1Br)C1CC1. The number of fused-ring (bicyclic) bond motifs is 2. The number of aromatic nitrogens is 2. The first-order valence-electron chi connectivity index (χ1n) is 8.46. The topological polar surface area (TPSA) is 35.8 Å². The van der Waals surface area contributed by atoms with Crippen molar-refractivity contribution in [2.75, 3.05) is 6.61 Å². The van der Waals surface area contributed by atoms with Crippen LogP contribution in [-0.2, 0) is 10.2 Å². The summed E-state index contributed by atoms with van der Waals surface area (Å²) in [7, 11) is 0. The molecule has 2 aromatic heterocycles. The van der Waals surface area contributed by atoms with Crippen molar-refractivity contribution in [1.82, 2.24) is 9.38 Å². The Hall–Kier alpha value is -1.07. The third-order valence-electron chi connectivity index (χ3n) is 5.77. The second-order valence-corrected chi connectivity index (χ2v) is 8.76. The van der Waals surface area contributed by atoms with Gasteiger partial charge in [0.1, 0.15) is 11.4 Å². The van der Waals surface area contributed by atoms with Crippen LogP contribution in [-0.4, -0.2) is 27.7 Å². The molecule has 2 saturated heterocycles. The van der Waals surface area contributed by atoms with Gasteiger partial charge in [0.25, 0.3) is 0 Å². The maximum Gasteiger partial charge on any atom is 0.140 e. The van der Waals surface area contributed by atoms with Gasteiger partial charge in [-0.25, -0.2) is 4.98 Å². The van der Waals surface area contributed by atoms with Crippen LogP contribution in [0.2, 0.25) is 0 Å². The van der Waals surface area contributed by atoms with Gasteiger partial charge in [-0.1, -0.05) is 0 Å². The van der Waals surface area contributed by atoms with Crippen LogP contribution in [0.1, 0.15) is 45.2 Å². The molecule has 0 radical (unpaired) electrons. The van der Waals surface area contributed by atoms with Gasteiger partial charge in [0.15, 0.2) is 0 Å². The Morgan fingerprint density at radius 2 is 2.17 bits per heavy atom. The largest absolute Gasteiger partial charge is 0.489 e. The molecule has 2 aromatic rings. The van der Waals surface area contributed by atoms with Gasteiger partial charge in [-0.15, -0.1) is 0 Å². The number of halogens is 1. The number of ether oxygens (including phenoxy) is 2. The second kappa shape index (κ2) is 4.51. The van der Waals surface area contributed by atoms with Crippen LogP contribution in [0.25, 0.3) is 5.65 Å². The lowest BCUT2D eigenvalue weighted by molar-refractivity contribution is 0.0154. The summed E-state index contributed by atoms with van der Waals surface area (Å²) in [5.41, 5.74) is 2.34. The summed E-state index contributed by atoms with van der Waals surface area (Å²) in [6, 6.07) is 2.05. The predicted molar refractivity (Wildman–Crippen MR) is 91.0 cm³/mol. The van der Waals surface area contributed by atoms with Crippen molar-refractivity contribution in [3.8, 4) is 5.75 Å². The highest BCUT2D eigenvalue weighted by molar-refractivity contribution is 9.10. The minimum atomic E-state index is 0.0877. The Morgan fingerprint density at radius 1 is 1.39 bits per heavy atom. The number of imidazole rings is 1. The molecule has 4 nitrogen and oxygen atoms in total. The van der Waals surface area contributed by atoms with Crippen molar-refractivity contribution >= 4 is 21.6 Å². The first-order valence-corrected chi connectivity index (χ1v) is 9.25. The van der Waals surface area contributed by atoms with E-state index in [0.29, 0.717) is 0 Å². The first-order chi connectivity index (χ1) is 11.0. The van der Waals surface area contributed by atoms with Gasteiger partial charge in [0.05, 0.1) is 28.5 Å². The van der Waals surface area contributed by atoms with Crippen molar-refractivity contribution < 1.29 is 9.47 Å². The zero-order valence-corrected chi connectivity index (χ0v) is 15.1. The number of nitrogens with zero attached hydrogens (tertiary/aromatic N) is 2. The van der Waals surface area contributed by atoms with Crippen molar-refractivity contribution in [3.63, 3.8) is 0 Å². The average molecular weight is 377 g/mol. The van der Waals surface area contributed by atoms with E-state index in [1.807, 2.05) is 0 Å². The Bertz CT molecular complexity index is 790. The van der Waals surface area contributed by atoms with E-state index in [4.69, 9.17) is 14.5 Å². The molecule has 2 aliphatic heterocycles. The fourth-order valence-electron chi connectivity index (χ4n) is 4.35. The molecular weight excluding hydrogens is 356 g/mol. The van der Waals surface area contributed by atoms with E-state index in [9.17, 15) is 0 Å². The Kier molecular flexibility index (Phi) is 2.80. The van der Waals surface area contributed by atoms with Crippen LogP contribution >= 0.6 is 15.9 Å². The van der Waals surface area contributed by atoms with Gasteiger partial charge in [-0.2, -0.15) is 0 Å². The van der Waals surface area contributed by atoms with Gasteiger partial charge in [0.2, 0.25) is 0 Å². The van der Waals surface area contributed by atoms with Crippen molar-refractivity contribution in [1.29, 1.82) is 0 Å². The number of hydrogen-bond donors (Lipinski definition) is 0. The van der Waals surface area contributed by atoms with Crippen LogP contribution < -0.4 is 4.74 Å². The molecule has 23 heavy (non-hydrogen) atoms. The van der Waals surface area contributed by atoms with Gasteiger partial charge in [0, 0.05) is 23.9 Å². The average Bonchev–Trinajstić information content (AvgIpc) is 3.06. The van der Waals surface area contributed by atoms with E-state index in [0.717, 1.165) is 46.9 Å². The van der Waals surface area contributed by atoms with Gasteiger partial charge < -0.3 is 13.9 Å². The molecule has 0 amide bonds. The molecule has 0 aromatic carbocycles. The van der Waals surface area contributed by atoms with Gasteiger partial charge in [-0.05, 0) is 61.4 Å². The highest BCUT2D eigenvalue weighted by atomic mass is 79.9. The summed E-state index contributed by atoms with van der Waals surface area (Å²) in [6.45, 7) is 5.17. The van der Waals surface area contributed by atoms with E-state index in [1.165, 1.54) is 12.8 Å². The van der Waals surface area contributed by atoms with E-state index < -0.39 is 0 Å². The van der Waals surface area contributed by atoms with E-state index in [-0.39, 0.29) is 17.1 Å². The molecule has 6 rings (SSSR count). The maximum atomic E-state index is 6.14. The Labute approximate surface area is 144 Å². The van der Waals surface area contributed by atoms with E-state index >= 15 is 0 Å². The Balaban J connectivity index is 1.48. The molecule has 4 aliphatic rings. The molecular formula is C18H21BrN2O2. The Morgan fingerprint density at radius 3 is 2.83 bits per heavy atom. The van der Waals surface area contributed by atoms with Gasteiger partial charge in [-0.3, -0.25) is 0 Å². The quantitative estimate of drug-likeness (QED) is 0.805. The van der Waals surface area contributed by atoms with E-state index in [2.05, 4.69) is 52.6 Å². The second-order valence-electron chi connectivity index (χ2n) is 7.91. The van der Waals surface area contributed by atoms with E-state index in [1.54, 1.807) is 0 Å². The zero-order valence-electron chi connectivity index (χ0n) is 13.5. The van der Waals surface area contributed by atoms with Crippen LogP contribution in [0.15, 0.2) is 22.9 Å². The maximum absolute atomic E-state index is 6.14. The third-order valence-corrected chi connectivity index (χ3v) is 6.37. The third kappa shape index (κ3) is 2.16. The molecule has 2 bridgehead atoms. The molecule has 5 heteroatoms. The molecule has 122 valence electrons. The minimum absolute atomic E-state index is 0.0877. The lowest BCUT2D eigenvalue weighted by Crippen LogP contribution is -2.45. The molecule has 1 unspecified atom stereocenters. The zero-order chi connectivity index (χ0) is 15.8. The van der Waals surface area contributed by atoms with Crippen LogP contribution in [0, 0.1) is 5.92 Å². The first kappa shape index (κ1) is 14.3. The van der Waals surface area contributed by atoms with Crippen molar-refractivity contribution in [2.45, 2.75) is 56.7 Å². The lowest BCUT2D eigenvalue weighted by atomic mass is 9.62. The molecule has 2 aliphatic carbocycles. The fourth-order valence-corrected chi connectivity index (χ4v) is 4.78. The highest BCUT2D eigenvalue weighted by Gasteiger charge is 2.61. The normalized spacial score (nSPS) is 33.7. The van der Waals surface area contributed by atoms with Crippen molar-refractivity contribution in [3.05, 3.63) is 28.6 Å². The molecule has 0 spiro atoms. The predicted octanol–water partition coefficient (Wildman–Crippen LogP) is 4.09. The molecule has 1 atom stereocenters. The number of hydrogen-bond acceptors (Lipinski definition) is 3. The minimum Gasteiger partial charge on any atom is -0.489 e. The number of pyridine rings is 1. The number of rotatable bonds is 4. The smallest absolute Gasteiger partial charge is 0.140 e. The van der Waals surface area contributed by atoms with Crippen molar-refractivity contribution in [2.24, 2.45) is 5.92 Å².